The molecular formula is C12H16N4O2S. The van der Waals surface area contributed by atoms with Gasteiger partial charge in [0.1, 0.15) is 10.7 Å². The van der Waals surface area contributed by atoms with Crippen molar-refractivity contribution in [3.63, 3.8) is 0 Å². The van der Waals surface area contributed by atoms with E-state index in [0.29, 0.717) is 5.56 Å². The average molecular weight is 280 g/mol. The van der Waals surface area contributed by atoms with E-state index in [1.807, 2.05) is 0 Å². The number of amides is 2. The highest BCUT2D eigenvalue weighted by atomic mass is 32.1. The van der Waals surface area contributed by atoms with E-state index in [9.17, 15) is 9.59 Å². The lowest BCUT2D eigenvalue weighted by Crippen LogP contribution is -2.46. The van der Waals surface area contributed by atoms with Crippen molar-refractivity contribution in [2.75, 3.05) is 0 Å². The molecule has 0 fully saturated rings. The Morgan fingerprint density at radius 3 is 2.42 bits per heavy atom. The number of hydrogen-bond acceptors (Lipinski definition) is 4. The minimum atomic E-state index is -0.730. The lowest BCUT2D eigenvalue weighted by molar-refractivity contribution is -0.119. The van der Waals surface area contributed by atoms with Crippen LogP contribution in [0.1, 0.15) is 36.3 Å². The van der Waals surface area contributed by atoms with Gasteiger partial charge in [-0.1, -0.05) is 12.2 Å². The Hall–Kier alpha value is -2.02. The van der Waals surface area contributed by atoms with Crippen LogP contribution in [0.15, 0.2) is 18.3 Å². The van der Waals surface area contributed by atoms with Crippen molar-refractivity contribution in [3.8, 4) is 0 Å². The first-order valence-electron chi connectivity index (χ1n) is 5.58. The summed E-state index contributed by atoms with van der Waals surface area (Å²) < 4.78 is 0. The molecule has 0 saturated heterocycles. The Bertz CT molecular complexity index is 511. The van der Waals surface area contributed by atoms with Gasteiger partial charge in [-0.3, -0.25) is 14.6 Å². The number of hydrogen-bond donors (Lipinski definition) is 3. The van der Waals surface area contributed by atoms with Crippen molar-refractivity contribution in [2.24, 2.45) is 11.5 Å². The first kappa shape index (κ1) is 15.0. The number of aromatic nitrogens is 1. The van der Waals surface area contributed by atoms with Crippen LogP contribution >= 0.6 is 12.2 Å². The predicted octanol–water partition coefficient (Wildman–Crippen LogP) is 0.0996. The molecule has 0 aliphatic heterocycles. The summed E-state index contributed by atoms with van der Waals surface area (Å²) in [6.45, 7) is 3.41. The van der Waals surface area contributed by atoms with Gasteiger partial charge >= 0.3 is 0 Å². The van der Waals surface area contributed by atoms with Gasteiger partial charge < -0.3 is 16.8 Å². The first-order valence-corrected chi connectivity index (χ1v) is 5.99. The van der Waals surface area contributed by atoms with Crippen LogP contribution in [0, 0.1) is 0 Å². The third-order valence-corrected chi connectivity index (χ3v) is 2.58. The molecule has 102 valence electrons. The molecule has 0 atom stereocenters. The molecule has 6 nitrogen and oxygen atoms in total. The minimum absolute atomic E-state index is 0.0453. The molecule has 1 rings (SSSR count). The van der Waals surface area contributed by atoms with Crippen molar-refractivity contribution >= 4 is 29.0 Å². The van der Waals surface area contributed by atoms with E-state index in [2.05, 4.69) is 10.3 Å². The van der Waals surface area contributed by atoms with E-state index in [0.717, 1.165) is 0 Å². The maximum Gasteiger partial charge on any atom is 0.270 e. The SMILES string of the molecule is CC(C)(CC(N)=O)NC(=O)c1ccc(C(N)=S)cn1. The number of rotatable bonds is 5. The molecule has 19 heavy (non-hydrogen) atoms. The number of primary amides is 1. The highest BCUT2D eigenvalue weighted by Crippen LogP contribution is 2.09. The van der Waals surface area contributed by atoms with Gasteiger partial charge in [-0.2, -0.15) is 0 Å². The van der Waals surface area contributed by atoms with E-state index in [1.165, 1.54) is 12.3 Å². The van der Waals surface area contributed by atoms with Crippen LogP contribution in [0.4, 0.5) is 0 Å². The number of pyridine rings is 1. The smallest absolute Gasteiger partial charge is 0.270 e. The van der Waals surface area contributed by atoms with Crippen LogP contribution in [0.5, 0.6) is 0 Å². The van der Waals surface area contributed by atoms with Crippen LogP contribution in [-0.4, -0.2) is 27.3 Å². The summed E-state index contributed by atoms with van der Waals surface area (Å²) in [4.78, 5) is 27.0. The molecular weight excluding hydrogens is 264 g/mol. The Morgan fingerprint density at radius 2 is 2.00 bits per heavy atom. The second kappa shape index (κ2) is 5.75. The fraction of sp³-hybridized carbons (Fsp3) is 0.333. The van der Waals surface area contributed by atoms with Crippen LogP contribution in [0.3, 0.4) is 0 Å². The summed E-state index contributed by atoms with van der Waals surface area (Å²) in [6.07, 6.45) is 1.47. The van der Waals surface area contributed by atoms with Gasteiger partial charge in [0.2, 0.25) is 5.91 Å². The molecule has 0 saturated carbocycles. The van der Waals surface area contributed by atoms with E-state index in [4.69, 9.17) is 23.7 Å². The fourth-order valence-corrected chi connectivity index (χ4v) is 1.65. The summed E-state index contributed by atoms with van der Waals surface area (Å²) in [5.74, 6) is -0.872. The van der Waals surface area contributed by atoms with E-state index in [1.54, 1.807) is 19.9 Å². The second-order valence-corrected chi connectivity index (χ2v) is 5.22. The molecule has 0 aromatic carbocycles. The molecule has 0 bridgehead atoms. The van der Waals surface area contributed by atoms with Crippen molar-refractivity contribution in [2.45, 2.75) is 25.8 Å². The highest BCUT2D eigenvalue weighted by molar-refractivity contribution is 7.80. The molecule has 1 aromatic rings. The number of nitrogens with one attached hydrogen (secondary N) is 1. The Labute approximate surface area is 116 Å². The van der Waals surface area contributed by atoms with Crippen molar-refractivity contribution in [1.29, 1.82) is 0 Å². The quantitative estimate of drug-likeness (QED) is 0.662. The molecule has 2 amide bonds. The van der Waals surface area contributed by atoms with Gasteiger partial charge in [-0.15, -0.1) is 0 Å². The zero-order valence-corrected chi connectivity index (χ0v) is 11.6. The standard InChI is InChI=1S/C12H16N4O2S/c1-12(2,5-9(13)17)16-11(18)8-4-3-7(6-15-8)10(14)19/h3-4,6H,5H2,1-2H3,(H2,13,17)(H2,14,19)(H,16,18). The summed E-state index contributed by atoms with van der Waals surface area (Å²) >= 11 is 4.79. The number of nitrogens with zero attached hydrogens (tertiary/aromatic N) is 1. The second-order valence-electron chi connectivity index (χ2n) is 4.78. The fourth-order valence-electron chi connectivity index (χ4n) is 1.53. The summed E-state index contributed by atoms with van der Waals surface area (Å²) in [6, 6.07) is 3.13. The molecule has 0 spiro atoms. The monoisotopic (exact) mass is 280 g/mol. The lowest BCUT2D eigenvalue weighted by Gasteiger charge is -2.24. The topological polar surface area (TPSA) is 111 Å². The molecule has 7 heteroatoms. The molecule has 0 aliphatic rings. The summed E-state index contributed by atoms with van der Waals surface area (Å²) in [5, 5.41) is 2.69. The highest BCUT2D eigenvalue weighted by Gasteiger charge is 2.23. The number of thiocarbonyl (C=S) groups is 1. The van der Waals surface area contributed by atoms with Crippen molar-refractivity contribution < 1.29 is 9.59 Å². The Balaban J connectivity index is 2.78. The Kier molecular flexibility index (Phi) is 4.55. The maximum atomic E-state index is 11.9. The van der Waals surface area contributed by atoms with E-state index >= 15 is 0 Å². The van der Waals surface area contributed by atoms with E-state index in [-0.39, 0.29) is 23.0 Å². The van der Waals surface area contributed by atoms with Gasteiger partial charge in [-0.05, 0) is 26.0 Å². The number of nitrogens with two attached hydrogens (primary N) is 2. The van der Waals surface area contributed by atoms with Crippen LogP contribution in [0.25, 0.3) is 0 Å². The van der Waals surface area contributed by atoms with Crippen molar-refractivity contribution in [1.82, 2.24) is 10.3 Å². The van der Waals surface area contributed by atoms with Gasteiger partial charge in [0, 0.05) is 23.7 Å². The molecule has 1 heterocycles. The third-order valence-electron chi connectivity index (χ3n) is 2.35. The third kappa shape index (κ3) is 4.63. The minimum Gasteiger partial charge on any atom is -0.389 e. The number of carbonyl (C=O) groups is 2. The zero-order chi connectivity index (χ0) is 14.6. The molecule has 0 aliphatic carbocycles. The number of carbonyl (C=O) groups excluding carboxylic acids is 2. The average Bonchev–Trinajstić information content (AvgIpc) is 2.26. The maximum absolute atomic E-state index is 11.9. The summed E-state index contributed by atoms with van der Waals surface area (Å²) in [7, 11) is 0. The predicted molar refractivity (Wildman–Crippen MR) is 75.5 cm³/mol. The molecule has 1 aromatic heterocycles. The van der Waals surface area contributed by atoms with Gasteiger partial charge in [-0.25, -0.2) is 0 Å². The zero-order valence-electron chi connectivity index (χ0n) is 10.8. The van der Waals surface area contributed by atoms with Crippen LogP contribution < -0.4 is 16.8 Å². The molecule has 5 N–H and O–H groups in total. The van der Waals surface area contributed by atoms with Crippen LogP contribution in [0.2, 0.25) is 0 Å². The molecule has 0 unspecified atom stereocenters. The van der Waals surface area contributed by atoms with Gasteiger partial charge in [0.05, 0.1) is 0 Å². The normalized spacial score (nSPS) is 10.8. The van der Waals surface area contributed by atoms with Crippen LogP contribution in [-0.2, 0) is 4.79 Å². The molecule has 0 radical (unpaired) electrons. The summed E-state index contributed by atoms with van der Waals surface area (Å²) in [5.41, 5.74) is 10.6. The van der Waals surface area contributed by atoms with Crippen molar-refractivity contribution in [3.05, 3.63) is 29.6 Å². The van der Waals surface area contributed by atoms with Gasteiger partial charge in [0.25, 0.3) is 5.91 Å². The van der Waals surface area contributed by atoms with E-state index < -0.39 is 11.4 Å². The first-order chi connectivity index (χ1) is 8.71. The Morgan fingerprint density at radius 1 is 1.37 bits per heavy atom. The largest absolute Gasteiger partial charge is 0.389 e. The lowest BCUT2D eigenvalue weighted by atomic mass is 10.00. The van der Waals surface area contributed by atoms with Gasteiger partial charge in [0.15, 0.2) is 0 Å².